The number of likely N-dealkylation sites (N-methyl/N-ethyl adjacent to an activating group) is 1. The number of hydrogen-bond acceptors (Lipinski definition) is 2. The SMILES string of the molecule is CCCn1nccc1C(NCC)C(C)c1ccccc1. The summed E-state index contributed by atoms with van der Waals surface area (Å²) >= 11 is 0. The van der Waals surface area contributed by atoms with E-state index in [-0.39, 0.29) is 0 Å². The van der Waals surface area contributed by atoms with Crippen LogP contribution in [0.25, 0.3) is 0 Å². The van der Waals surface area contributed by atoms with Crippen LogP contribution in [0.1, 0.15) is 50.4 Å². The highest BCUT2D eigenvalue weighted by Gasteiger charge is 2.22. The molecule has 1 N–H and O–H groups in total. The molecular weight excluding hydrogens is 246 g/mol. The third-order valence-corrected chi connectivity index (χ3v) is 3.75. The van der Waals surface area contributed by atoms with Gasteiger partial charge in [0.1, 0.15) is 0 Å². The summed E-state index contributed by atoms with van der Waals surface area (Å²) in [6, 6.07) is 13.1. The van der Waals surface area contributed by atoms with Crippen molar-refractivity contribution >= 4 is 0 Å². The van der Waals surface area contributed by atoms with Gasteiger partial charge in [0.15, 0.2) is 0 Å². The fourth-order valence-corrected chi connectivity index (χ4v) is 2.71. The van der Waals surface area contributed by atoms with Gasteiger partial charge in [-0.05, 0) is 24.6 Å². The molecule has 108 valence electrons. The second kappa shape index (κ2) is 7.25. The van der Waals surface area contributed by atoms with Crippen LogP contribution in [-0.2, 0) is 6.54 Å². The first-order valence-corrected chi connectivity index (χ1v) is 7.58. The summed E-state index contributed by atoms with van der Waals surface area (Å²) in [4.78, 5) is 0. The molecule has 2 atom stereocenters. The molecule has 0 aliphatic heterocycles. The molecule has 3 nitrogen and oxygen atoms in total. The van der Waals surface area contributed by atoms with Gasteiger partial charge in [-0.3, -0.25) is 4.68 Å². The van der Waals surface area contributed by atoms with E-state index in [0.29, 0.717) is 12.0 Å². The van der Waals surface area contributed by atoms with E-state index in [1.807, 2.05) is 6.20 Å². The van der Waals surface area contributed by atoms with Crippen LogP contribution < -0.4 is 5.32 Å². The van der Waals surface area contributed by atoms with Crippen molar-refractivity contribution in [3.63, 3.8) is 0 Å². The molecule has 0 bridgehead atoms. The molecule has 0 saturated carbocycles. The molecule has 0 aliphatic rings. The number of benzene rings is 1. The average Bonchev–Trinajstić information content (AvgIpc) is 2.93. The minimum atomic E-state index is 0.302. The van der Waals surface area contributed by atoms with Gasteiger partial charge < -0.3 is 5.32 Å². The zero-order valence-corrected chi connectivity index (χ0v) is 12.7. The number of hydrogen-bond donors (Lipinski definition) is 1. The maximum absolute atomic E-state index is 4.46. The molecule has 0 saturated heterocycles. The smallest absolute Gasteiger partial charge is 0.0559 e. The Morgan fingerprint density at radius 2 is 1.90 bits per heavy atom. The first-order valence-electron chi connectivity index (χ1n) is 7.58. The Hall–Kier alpha value is -1.61. The minimum absolute atomic E-state index is 0.302. The van der Waals surface area contributed by atoms with Gasteiger partial charge in [-0.15, -0.1) is 0 Å². The van der Waals surface area contributed by atoms with Gasteiger partial charge in [0, 0.05) is 18.7 Å². The Kier molecular flexibility index (Phi) is 5.36. The van der Waals surface area contributed by atoms with Crippen LogP contribution in [0.2, 0.25) is 0 Å². The lowest BCUT2D eigenvalue weighted by Gasteiger charge is -2.26. The molecule has 2 rings (SSSR count). The van der Waals surface area contributed by atoms with Gasteiger partial charge >= 0.3 is 0 Å². The topological polar surface area (TPSA) is 29.9 Å². The molecule has 0 aliphatic carbocycles. The predicted octanol–water partition coefficient (Wildman–Crippen LogP) is 3.75. The molecule has 1 heterocycles. The van der Waals surface area contributed by atoms with E-state index in [9.17, 15) is 0 Å². The van der Waals surface area contributed by atoms with E-state index in [1.165, 1.54) is 11.3 Å². The first kappa shape index (κ1) is 14.8. The lowest BCUT2D eigenvalue weighted by Crippen LogP contribution is -2.28. The van der Waals surface area contributed by atoms with Crippen LogP contribution in [0, 0.1) is 0 Å². The van der Waals surface area contributed by atoms with Gasteiger partial charge in [0.2, 0.25) is 0 Å². The fourth-order valence-electron chi connectivity index (χ4n) is 2.71. The molecule has 1 aromatic carbocycles. The lowest BCUT2D eigenvalue weighted by atomic mass is 9.91. The van der Waals surface area contributed by atoms with Crippen molar-refractivity contribution < 1.29 is 0 Å². The predicted molar refractivity (Wildman–Crippen MR) is 83.8 cm³/mol. The van der Waals surface area contributed by atoms with E-state index in [0.717, 1.165) is 19.5 Å². The highest BCUT2D eigenvalue weighted by atomic mass is 15.3. The summed E-state index contributed by atoms with van der Waals surface area (Å²) in [5, 5.41) is 8.08. The molecule has 2 unspecified atom stereocenters. The number of aromatic nitrogens is 2. The van der Waals surface area contributed by atoms with E-state index in [4.69, 9.17) is 0 Å². The van der Waals surface area contributed by atoms with Gasteiger partial charge in [-0.2, -0.15) is 5.10 Å². The quantitative estimate of drug-likeness (QED) is 0.831. The van der Waals surface area contributed by atoms with Crippen molar-refractivity contribution in [2.45, 2.75) is 45.7 Å². The van der Waals surface area contributed by atoms with Crippen LogP contribution in [-0.4, -0.2) is 16.3 Å². The number of rotatable bonds is 7. The Morgan fingerprint density at radius 3 is 2.55 bits per heavy atom. The summed E-state index contributed by atoms with van der Waals surface area (Å²) < 4.78 is 2.13. The largest absolute Gasteiger partial charge is 0.308 e. The van der Waals surface area contributed by atoms with Crippen molar-refractivity contribution in [1.82, 2.24) is 15.1 Å². The summed E-state index contributed by atoms with van der Waals surface area (Å²) in [7, 11) is 0. The second-order valence-corrected chi connectivity index (χ2v) is 5.21. The normalized spacial score (nSPS) is 14.2. The highest BCUT2D eigenvalue weighted by molar-refractivity contribution is 5.24. The van der Waals surface area contributed by atoms with Crippen LogP contribution in [0.4, 0.5) is 0 Å². The average molecular weight is 271 g/mol. The van der Waals surface area contributed by atoms with Gasteiger partial charge in [-0.1, -0.05) is 51.1 Å². The summed E-state index contributed by atoms with van der Waals surface area (Å²) in [5.74, 6) is 0.420. The maximum Gasteiger partial charge on any atom is 0.0559 e. The van der Waals surface area contributed by atoms with E-state index >= 15 is 0 Å². The summed E-state index contributed by atoms with van der Waals surface area (Å²) in [5.41, 5.74) is 2.65. The Labute approximate surface area is 122 Å². The Morgan fingerprint density at radius 1 is 1.15 bits per heavy atom. The van der Waals surface area contributed by atoms with Crippen molar-refractivity contribution in [3.8, 4) is 0 Å². The molecule has 0 radical (unpaired) electrons. The van der Waals surface area contributed by atoms with Gasteiger partial charge in [-0.25, -0.2) is 0 Å². The van der Waals surface area contributed by atoms with E-state index < -0.39 is 0 Å². The zero-order valence-electron chi connectivity index (χ0n) is 12.7. The standard InChI is InChI=1S/C17H25N3/c1-4-13-20-16(11-12-19-20)17(18-5-2)14(3)15-9-7-6-8-10-15/h6-12,14,17-18H,4-5,13H2,1-3H3. The molecule has 1 aromatic heterocycles. The fraction of sp³-hybridized carbons (Fsp3) is 0.471. The monoisotopic (exact) mass is 271 g/mol. The molecule has 0 amide bonds. The summed E-state index contributed by atoms with van der Waals surface area (Å²) in [6.07, 6.45) is 3.01. The van der Waals surface area contributed by atoms with Gasteiger partial charge in [0.05, 0.1) is 11.7 Å². The van der Waals surface area contributed by atoms with Gasteiger partial charge in [0.25, 0.3) is 0 Å². The van der Waals surface area contributed by atoms with Crippen LogP contribution in [0.15, 0.2) is 42.6 Å². The molecule has 0 fully saturated rings. The molecule has 2 aromatic rings. The molecule has 0 spiro atoms. The van der Waals surface area contributed by atoms with Crippen molar-refractivity contribution in [2.75, 3.05) is 6.54 Å². The highest BCUT2D eigenvalue weighted by Crippen LogP contribution is 2.30. The molecule has 3 heteroatoms. The maximum atomic E-state index is 4.46. The number of nitrogens with one attached hydrogen (secondary N) is 1. The number of nitrogens with zero attached hydrogens (tertiary/aromatic N) is 2. The summed E-state index contributed by atoms with van der Waals surface area (Å²) in [6.45, 7) is 8.57. The van der Waals surface area contributed by atoms with Crippen molar-refractivity contribution in [3.05, 3.63) is 53.9 Å². The third kappa shape index (κ3) is 3.28. The van der Waals surface area contributed by atoms with Crippen molar-refractivity contribution in [1.29, 1.82) is 0 Å². The number of aryl methyl sites for hydroxylation is 1. The third-order valence-electron chi connectivity index (χ3n) is 3.75. The first-order chi connectivity index (χ1) is 9.77. The molecular formula is C17H25N3. The van der Waals surface area contributed by atoms with E-state index in [2.05, 4.69) is 72.3 Å². The van der Waals surface area contributed by atoms with Crippen LogP contribution in [0.5, 0.6) is 0 Å². The minimum Gasteiger partial charge on any atom is -0.308 e. The zero-order chi connectivity index (χ0) is 14.4. The second-order valence-electron chi connectivity index (χ2n) is 5.21. The van der Waals surface area contributed by atoms with E-state index in [1.54, 1.807) is 0 Å². The Balaban J connectivity index is 2.28. The lowest BCUT2D eigenvalue weighted by molar-refractivity contribution is 0.432. The van der Waals surface area contributed by atoms with Crippen LogP contribution >= 0.6 is 0 Å². The molecule has 20 heavy (non-hydrogen) atoms. The Bertz CT molecular complexity index is 504. The van der Waals surface area contributed by atoms with Crippen molar-refractivity contribution in [2.24, 2.45) is 0 Å². The van der Waals surface area contributed by atoms with Crippen LogP contribution in [0.3, 0.4) is 0 Å².